The van der Waals surface area contributed by atoms with Gasteiger partial charge in [0.05, 0.1) is 14.2 Å². The van der Waals surface area contributed by atoms with Crippen LogP contribution in [0.15, 0.2) is 46.9 Å². The molecule has 1 aliphatic heterocycles. The molecule has 1 N–H and O–H groups in total. The number of hydrogen-bond donors (Lipinski definition) is 1. The van der Waals surface area contributed by atoms with Crippen LogP contribution in [0, 0.1) is 5.92 Å². The molecule has 0 unspecified atom stereocenters. The third-order valence-electron chi connectivity index (χ3n) is 5.21. The molecular weight excluding hydrogens is 450 g/mol. The number of piperidine rings is 1. The Bertz CT molecular complexity index is 947. The number of aromatic hydroxyl groups is 1. The van der Waals surface area contributed by atoms with Crippen molar-refractivity contribution in [3.05, 3.63) is 63.6 Å². The number of amides is 1. The summed E-state index contributed by atoms with van der Waals surface area (Å²) >= 11 is 3.38. The van der Waals surface area contributed by atoms with Gasteiger partial charge in [0.25, 0.3) is 5.91 Å². The topological polar surface area (TPSA) is 76.1 Å². The number of ether oxygens (including phenoxy) is 2. The number of carbonyl (C=O) groups excluding carboxylic acids is 2. The molecule has 158 valence electrons. The molecule has 1 amide bonds. The van der Waals surface area contributed by atoms with Crippen molar-refractivity contribution in [3.8, 4) is 11.5 Å². The van der Waals surface area contributed by atoms with Crippen molar-refractivity contribution in [2.24, 2.45) is 5.92 Å². The van der Waals surface area contributed by atoms with E-state index in [0.29, 0.717) is 30.0 Å². The highest BCUT2D eigenvalue weighted by Gasteiger charge is 2.23. The summed E-state index contributed by atoms with van der Waals surface area (Å²) in [6.45, 7) is 1.33. The molecular formula is C23H24BrNO5. The van der Waals surface area contributed by atoms with Gasteiger partial charge in [0.1, 0.15) is 17.1 Å². The van der Waals surface area contributed by atoms with Crippen LogP contribution >= 0.6 is 15.9 Å². The Kier molecular flexibility index (Phi) is 7.15. The lowest BCUT2D eigenvalue weighted by molar-refractivity contribution is 0.0596. The number of nitrogens with zero attached hydrogens (tertiary/aromatic N) is 1. The van der Waals surface area contributed by atoms with Crippen LogP contribution in [0.1, 0.15) is 39.1 Å². The van der Waals surface area contributed by atoms with Crippen LogP contribution in [0.2, 0.25) is 0 Å². The van der Waals surface area contributed by atoms with Gasteiger partial charge in [-0.15, -0.1) is 0 Å². The molecule has 30 heavy (non-hydrogen) atoms. The number of rotatable bonds is 5. The van der Waals surface area contributed by atoms with Gasteiger partial charge in [-0.25, -0.2) is 4.79 Å². The summed E-state index contributed by atoms with van der Waals surface area (Å²) in [6.07, 6.45) is 5.47. The normalized spacial score (nSPS) is 14.7. The Balaban J connectivity index is 1.69. The average Bonchev–Trinajstić information content (AvgIpc) is 2.77. The van der Waals surface area contributed by atoms with Crippen molar-refractivity contribution in [2.45, 2.75) is 12.8 Å². The van der Waals surface area contributed by atoms with Crippen molar-refractivity contribution in [1.82, 2.24) is 4.90 Å². The molecule has 1 fully saturated rings. The summed E-state index contributed by atoms with van der Waals surface area (Å²) in [5, 5.41) is 10.2. The molecule has 0 aliphatic carbocycles. The molecule has 0 radical (unpaired) electrons. The molecule has 0 aromatic heterocycles. The Hall–Kier alpha value is -2.80. The molecule has 7 heteroatoms. The van der Waals surface area contributed by atoms with Gasteiger partial charge in [-0.3, -0.25) is 4.79 Å². The van der Waals surface area contributed by atoms with Crippen LogP contribution in [0.4, 0.5) is 0 Å². The number of halogens is 1. The maximum absolute atomic E-state index is 12.7. The SMILES string of the molecule is COC(=O)c1c(O)cc(OC)cc1/C=C/C1CCN(C(=O)c2ccc(Br)cc2)CC1. The van der Waals surface area contributed by atoms with E-state index in [-0.39, 0.29) is 23.1 Å². The van der Waals surface area contributed by atoms with Gasteiger partial charge in [-0.1, -0.05) is 28.1 Å². The second-order valence-corrected chi connectivity index (χ2v) is 8.01. The molecule has 1 saturated heterocycles. The van der Waals surface area contributed by atoms with Crippen LogP contribution in [0.5, 0.6) is 11.5 Å². The smallest absolute Gasteiger partial charge is 0.342 e. The largest absolute Gasteiger partial charge is 0.507 e. The Morgan fingerprint density at radius 1 is 1.13 bits per heavy atom. The second kappa shape index (κ2) is 9.80. The fourth-order valence-electron chi connectivity index (χ4n) is 3.51. The first-order chi connectivity index (χ1) is 14.4. The molecule has 2 aromatic carbocycles. The number of allylic oxidation sites excluding steroid dienone is 1. The van der Waals surface area contributed by atoms with Gasteiger partial charge in [-0.05, 0) is 54.7 Å². The zero-order chi connectivity index (χ0) is 21.7. The fraction of sp³-hybridized carbons (Fsp3) is 0.304. The van der Waals surface area contributed by atoms with E-state index in [2.05, 4.69) is 15.9 Å². The van der Waals surface area contributed by atoms with E-state index < -0.39 is 5.97 Å². The summed E-state index contributed by atoms with van der Waals surface area (Å²) in [4.78, 5) is 26.6. The van der Waals surface area contributed by atoms with E-state index in [1.807, 2.05) is 41.3 Å². The van der Waals surface area contributed by atoms with Crippen molar-refractivity contribution in [3.63, 3.8) is 0 Å². The van der Waals surface area contributed by atoms with Crippen LogP contribution in [-0.2, 0) is 4.74 Å². The maximum atomic E-state index is 12.7. The van der Waals surface area contributed by atoms with Crippen LogP contribution in [0.3, 0.4) is 0 Å². The van der Waals surface area contributed by atoms with E-state index in [1.54, 1.807) is 6.07 Å². The van der Waals surface area contributed by atoms with Gasteiger partial charge in [0, 0.05) is 29.2 Å². The molecule has 1 aliphatic rings. The average molecular weight is 474 g/mol. The molecule has 0 bridgehead atoms. The monoisotopic (exact) mass is 473 g/mol. The van der Waals surface area contributed by atoms with Crippen molar-refractivity contribution in [2.75, 3.05) is 27.3 Å². The number of esters is 1. The molecule has 2 aromatic rings. The van der Waals surface area contributed by atoms with Crippen molar-refractivity contribution in [1.29, 1.82) is 0 Å². The molecule has 0 saturated carbocycles. The molecule has 1 heterocycles. The Morgan fingerprint density at radius 2 is 1.80 bits per heavy atom. The van der Waals surface area contributed by atoms with Crippen LogP contribution in [0.25, 0.3) is 6.08 Å². The standard InChI is InChI=1S/C23H24BrNO5/c1-29-19-13-17(21(20(26)14-19)23(28)30-2)4-3-15-9-11-25(12-10-15)22(27)16-5-7-18(24)8-6-16/h3-8,13-15,26H,9-12H2,1-2H3/b4-3+. The summed E-state index contributed by atoms with van der Waals surface area (Å²) in [5.41, 5.74) is 1.33. The lowest BCUT2D eigenvalue weighted by atomic mass is 9.94. The van der Waals surface area contributed by atoms with Crippen molar-refractivity contribution >= 4 is 33.9 Å². The number of hydrogen-bond acceptors (Lipinski definition) is 5. The maximum Gasteiger partial charge on any atom is 0.342 e. The highest BCUT2D eigenvalue weighted by Crippen LogP contribution is 2.30. The van der Waals surface area contributed by atoms with Crippen molar-refractivity contribution < 1.29 is 24.2 Å². The zero-order valence-electron chi connectivity index (χ0n) is 16.9. The van der Waals surface area contributed by atoms with Gasteiger partial charge >= 0.3 is 5.97 Å². The van der Waals surface area contributed by atoms with Gasteiger partial charge in [-0.2, -0.15) is 0 Å². The number of benzene rings is 2. The number of phenols is 1. The minimum absolute atomic E-state index is 0.0376. The number of phenolic OH excluding ortho intramolecular Hbond substituents is 1. The Morgan fingerprint density at radius 3 is 2.40 bits per heavy atom. The molecule has 0 spiro atoms. The highest BCUT2D eigenvalue weighted by molar-refractivity contribution is 9.10. The zero-order valence-corrected chi connectivity index (χ0v) is 18.5. The minimum atomic E-state index is -0.607. The van der Waals surface area contributed by atoms with E-state index in [4.69, 9.17) is 9.47 Å². The first-order valence-corrected chi connectivity index (χ1v) is 10.4. The highest BCUT2D eigenvalue weighted by atomic mass is 79.9. The minimum Gasteiger partial charge on any atom is -0.507 e. The van der Waals surface area contributed by atoms with E-state index in [1.165, 1.54) is 20.3 Å². The van der Waals surface area contributed by atoms with E-state index in [0.717, 1.165) is 17.3 Å². The summed E-state index contributed by atoms with van der Waals surface area (Å²) in [7, 11) is 2.77. The Labute approximate surface area is 184 Å². The number of likely N-dealkylation sites (tertiary alicyclic amines) is 1. The van der Waals surface area contributed by atoms with Crippen LogP contribution < -0.4 is 4.74 Å². The summed E-state index contributed by atoms with van der Waals surface area (Å²) < 4.78 is 10.9. The van der Waals surface area contributed by atoms with Gasteiger partial charge in [0.15, 0.2) is 0 Å². The molecule has 0 atom stereocenters. The van der Waals surface area contributed by atoms with Gasteiger partial charge < -0.3 is 19.5 Å². The third kappa shape index (κ3) is 5.02. The molecule has 6 nitrogen and oxygen atoms in total. The lowest BCUT2D eigenvalue weighted by Gasteiger charge is -2.31. The number of carbonyl (C=O) groups is 2. The predicted molar refractivity (Wildman–Crippen MR) is 118 cm³/mol. The lowest BCUT2D eigenvalue weighted by Crippen LogP contribution is -2.38. The first kappa shape index (κ1) is 21.9. The first-order valence-electron chi connectivity index (χ1n) is 9.65. The number of methoxy groups -OCH3 is 2. The fourth-order valence-corrected chi connectivity index (χ4v) is 3.77. The molecule has 3 rings (SSSR count). The second-order valence-electron chi connectivity index (χ2n) is 7.10. The summed E-state index contributed by atoms with van der Waals surface area (Å²) in [5.74, 6) is -0.0383. The quantitative estimate of drug-likeness (QED) is 0.646. The third-order valence-corrected chi connectivity index (χ3v) is 5.74. The van der Waals surface area contributed by atoms with E-state index in [9.17, 15) is 14.7 Å². The predicted octanol–water partition coefficient (Wildman–Crippen LogP) is 4.52. The van der Waals surface area contributed by atoms with Gasteiger partial charge in [0.2, 0.25) is 0 Å². The van der Waals surface area contributed by atoms with E-state index >= 15 is 0 Å². The van der Waals surface area contributed by atoms with Crippen LogP contribution in [-0.4, -0.2) is 49.2 Å². The summed E-state index contributed by atoms with van der Waals surface area (Å²) in [6, 6.07) is 10.4.